The maximum absolute atomic E-state index is 12.7. The van der Waals surface area contributed by atoms with Crippen molar-refractivity contribution in [1.29, 1.82) is 0 Å². The van der Waals surface area contributed by atoms with Crippen LogP contribution in [0.2, 0.25) is 0 Å². The van der Waals surface area contributed by atoms with Gasteiger partial charge in [0.2, 0.25) is 0 Å². The number of carboxylic acid groups (broad SMARTS) is 1. The Bertz CT molecular complexity index is 496. The summed E-state index contributed by atoms with van der Waals surface area (Å²) in [4.78, 5) is 10.1. The Morgan fingerprint density at radius 3 is 2.62 bits per heavy atom. The Morgan fingerprint density at radius 2 is 2.12 bits per heavy atom. The highest BCUT2D eigenvalue weighted by atomic mass is 32.2. The second-order valence-corrected chi connectivity index (χ2v) is 5.03. The van der Waals surface area contributed by atoms with E-state index in [9.17, 15) is 17.6 Å². The van der Waals surface area contributed by atoms with Gasteiger partial charge in [-0.05, 0) is 18.2 Å². The summed E-state index contributed by atoms with van der Waals surface area (Å²) in [6, 6.07) is 4.96. The van der Waals surface area contributed by atoms with Crippen molar-refractivity contribution >= 4 is 15.8 Å². The van der Waals surface area contributed by atoms with Crippen molar-refractivity contribution in [2.24, 2.45) is 0 Å². The third-order valence-electron chi connectivity index (χ3n) is 1.67. The zero-order valence-electron chi connectivity index (χ0n) is 8.25. The number of ether oxygens (including phenoxy) is 1. The molecule has 7 heteroatoms. The summed E-state index contributed by atoms with van der Waals surface area (Å²) in [5, 5.41) is 8.25. The molecular weight excluding hydrogens is 239 g/mol. The van der Waals surface area contributed by atoms with Crippen LogP contribution in [0.25, 0.3) is 0 Å². The molecule has 0 aliphatic rings. The zero-order chi connectivity index (χ0) is 12.3. The number of carboxylic acids is 1. The van der Waals surface area contributed by atoms with Gasteiger partial charge in [-0.3, -0.25) is 0 Å². The summed E-state index contributed by atoms with van der Waals surface area (Å²) in [6.07, 6.45) is -1.54. The first-order valence-electron chi connectivity index (χ1n) is 4.14. The van der Waals surface area contributed by atoms with Gasteiger partial charge in [-0.1, -0.05) is 6.07 Å². The highest BCUT2D eigenvalue weighted by Gasteiger charge is 2.18. The van der Waals surface area contributed by atoms with Crippen LogP contribution in [0.5, 0.6) is 5.75 Å². The lowest BCUT2D eigenvalue weighted by Gasteiger charge is -2.08. The minimum atomic E-state index is -3.43. The van der Waals surface area contributed by atoms with E-state index in [1.54, 1.807) is 0 Å². The van der Waals surface area contributed by atoms with Crippen LogP contribution in [0.1, 0.15) is 0 Å². The molecule has 0 aliphatic carbocycles. The monoisotopic (exact) mass is 248 g/mol. The van der Waals surface area contributed by atoms with Crippen molar-refractivity contribution in [3.63, 3.8) is 0 Å². The standard InChI is InChI=1S/C9H9FO5S/c1-16(13,14)7-4-2-3-6(5-7)15-8(10)9(11)12/h2-5,8H,1H3,(H,11,12). The van der Waals surface area contributed by atoms with E-state index in [0.29, 0.717) is 0 Å². The van der Waals surface area contributed by atoms with Gasteiger partial charge in [-0.2, -0.15) is 4.39 Å². The van der Waals surface area contributed by atoms with Gasteiger partial charge >= 0.3 is 12.3 Å². The molecule has 0 bridgehead atoms. The van der Waals surface area contributed by atoms with Gasteiger partial charge in [-0.25, -0.2) is 13.2 Å². The van der Waals surface area contributed by atoms with Crippen LogP contribution in [0.15, 0.2) is 29.2 Å². The molecule has 0 amide bonds. The second kappa shape index (κ2) is 4.48. The van der Waals surface area contributed by atoms with E-state index in [0.717, 1.165) is 12.3 Å². The second-order valence-electron chi connectivity index (χ2n) is 3.02. The van der Waals surface area contributed by atoms with Crippen molar-refractivity contribution in [3.8, 4) is 5.75 Å². The smallest absolute Gasteiger partial charge is 0.378 e. The van der Waals surface area contributed by atoms with E-state index in [1.165, 1.54) is 18.2 Å². The van der Waals surface area contributed by atoms with Crippen molar-refractivity contribution in [3.05, 3.63) is 24.3 Å². The molecule has 16 heavy (non-hydrogen) atoms. The molecule has 0 saturated carbocycles. The fraction of sp³-hybridized carbons (Fsp3) is 0.222. The third kappa shape index (κ3) is 3.20. The average molecular weight is 248 g/mol. The molecule has 0 aliphatic heterocycles. The molecule has 5 nitrogen and oxygen atoms in total. The predicted octanol–water partition coefficient (Wildman–Crippen LogP) is 0.849. The lowest BCUT2D eigenvalue weighted by molar-refractivity contribution is -0.153. The number of halogens is 1. The molecule has 0 saturated heterocycles. The first kappa shape index (κ1) is 12.4. The minimum absolute atomic E-state index is 0.0670. The number of sulfone groups is 1. The number of carbonyl (C=O) groups is 1. The molecule has 0 heterocycles. The van der Waals surface area contributed by atoms with Gasteiger partial charge in [0.25, 0.3) is 0 Å². The summed E-state index contributed by atoms with van der Waals surface area (Å²) >= 11 is 0. The summed E-state index contributed by atoms with van der Waals surface area (Å²) in [7, 11) is -3.43. The normalized spacial score (nSPS) is 13.1. The quantitative estimate of drug-likeness (QED) is 0.854. The molecule has 1 aromatic rings. The van der Waals surface area contributed by atoms with Gasteiger partial charge in [0, 0.05) is 6.26 Å². The summed E-state index contributed by atoms with van der Waals surface area (Å²) in [5.41, 5.74) is 0. The van der Waals surface area contributed by atoms with Gasteiger partial charge < -0.3 is 9.84 Å². The van der Waals surface area contributed by atoms with E-state index < -0.39 is 22.2 Å². The number of hydrogen-bond donors (Lipinski definition) is 1. The number of benzene rings is 1. The van der Waals surface area contributed by atoms with E-state index in [-0.39, 0.29) is 10.6 Å². The van der Waals surface area contributed by atoms with Crippen LogP contribution in [-0.2, 0) is 14.6 Å². The molecule has 88 valence electrons. The largest absolute Gasteiger partial charge is 0.476 e. The van der Waals surface area contributed by atoms with Gasteiger partial charge in [0.1, 0.15) is 5.75 Å². The Morgan fingerprint density at radius 1 is 1.50 bits per heavy atom. The molecular formula is C9H9FO5S. The van der Waals surface area contributed by atoms with Crippen LogP contribution in [0.3, 0.4) is 0 Å². The minimum Gasteiger partial charge on any atom is -0.476 e. The lowest BCUT2D eigenvalue weighted by atomic mass is 10.3. The molecule has 0 fully saturated rings. The Labute approximate surface area is 91.4 Å². The molecule has 1 rings (SSSR count). The van der Waals surface area contributed by atoms with Crippen molar-refractivity contribution in [2.75, 3.05) is 6.26 Å². The maximum atomic E-state index is 12.7. The Hall–Kier alpha value is -1.63. The third-order valence-corrected chi connectivity index (χ3v) is 2.78. The van der Waals surface area contributed by atoms with Crippen molar-refractivity contribution in [1.82, 2.24) is 0 Å². The molecule has 0 radical (unpaired) electrons. The molecule has 1 N–H and O–H groups in total. The maximum Gasteiger partial charge on any atom is 0.378 e. The fourth-order valence-electron chi connectivity index (χ4n) is 0.948. The van der Waals surface area contributed by atoms with Crippen LogP contribution >= 0.6 is 0 Å². The van der Waals surface area contributed by atoms with Gasteiger partial charge in [0.15, 0.2) is 9.84 Å². The highest BCUT2D eigenvalue weighted by Crippen LogP contribution is 2.18. The van der Waals surface area contributed by atoms with Crippen LogP contribution < -0.4 is 4.74 Å². The van der Waals surface area contributed by atoms with E-state index in [1.807, 2.05) is 0 Å². The molecule has 0 spiro atoms. The molecule has 1 aromatic carbocycles. The first-order valence-corrected chi connectivity index (χ1v) is 6.03. The van der Waals surface area contributed by atoms with E-state index in [4.69, 9.17) is 5.11 Å². The number of alkyl halides is 1. The fourth-order valence-corrected chi connectivity index (χ4v) is 1.60. The van der Waals surface area contributed by atoms with Crippen molar-refractivity contribution in [2.45, 2.75) is 11.3 Å². The molecule has 1 unspecified atom stereocenters. The van der Waals surface area contributed by atoms with Crippen LogP contribution in [0, 0.1) is 0 Å². The summed E-state index contributed by atoms with van der Waals surface area (Å²) in [5.74, 6) is -1.93. The number of aliphatic carboxylic acids is 1. The Kier molecular flexibility index (Phi) is 3.48. The Balaban J connectivity index is 2.96. The SMILES string of the molecule is CS(=O)(=O)c1cccc(OC(F)C(=O)O)c1. The topological polar surface area (TPSA) is 80.7 Å². The van der Waals surface area contributed by atoms with Gasteiger partial charge in [-0.15, -0.1) is 0 Å². The highest BCUT2D eigenvalue weighted by molar-refractivity contribution is 7.90. The van der Waals surface area contributed by atoms with E-state index in [2.05, 4.69) is 4.74 Å². The zero-order valence-corrected chi connectivity index (χ0v) is 9.07. The lowest BCUT2D eigenvalue weighted by Crippen LogP contribution is -2.21. The summed E-state index contributed by atoms with van der Waals surface area (Å²) in [6.45, 7) is 0. The van der Waals surface area contributed by atoms with Crippen LogP contribution in [0.4, 0.5) is 4.39 Å². The first-order chi connectivity index (χ1) is 7.30. The number of hydrogen-bond acceptors (Lipinski definition) is 4. The summed E-state index contributed by atoms with van der Waals surface area (Å²) < 4.78 is 39.3. The molecule has 1 atom stereocenters. The van der Waals surface area contributed by atoms with Crippen LogP contribution in [-0.4, -0.2) is 32.1 Å². The van der Waals surface area contributed by atoms with Crippen molar-refractivity contribution < 1.29 is 27.4 Å². The molecule has 0 aromatic heterocycles. The predicted molar refractivity (Wildman–Crippen MR) is 52.7 cm³/mol. The van der Waals surface area contributed by atoms with Gasteiger partial charge in [0.05, 0.1) is 4.90 Å². The van der Waals surface area contributed by atoms with E-state index >= 15 is 0 Å². The average Bonchev–Trinajstić information content (AvgIpc) is 2.16. The number of rotatable bonds is 4.